The summed E-state index contributed by atoms with van der Waals surface area (Å²) in [4.78, 5) is 6.44. The zero-order valence-electron chi connectivity index (χ0n) is 12.2. The van der Waals surface area contributed by atoms with Gasteiger partial charge in [0.25, 0.3) is 0 Å². The zero-order chi connectivity index (χ0) is 13.8. The number of nitrogens with zero attached hydrogens (tertiary/aromatic N) is 1. The van der Waals surface area contributed by atoms with E-state index >= 15 is 0 Å². The van der Waals surface area contributed by atoms with E-state index in [1.54, 1.807) is 7.11 Å². The second-order valence-electron chi connectivity index (χ2n) is 5.65. The molecule has 2 aliphatic rings. The molecule has 1 aromatic heterocycles. The molecular weight excluding hydrogens is 272 g/mol. The average Bonchev–Trinajstić information content (AvgIpc) is 3.06. The summed E-state index contributed by atoms with van der Waals surface area (Å²) in [5.74, 6) is 0.645. The minimum absolute atomic E-state index is 0.379. The lowest BCUT2D eigenvalue weighted by Crippen LogP contribution is -2.34. The highest BCUT2D eigenvalue weighted by Gasteiger charge is 2.29. The van der Waals surface area contributed by atoms with E-state index in [0.717, 1.165) is 39.2 Å². The monoisotopic (exact) mass is 296 g/mol. The maximum absolute atomic E-state index is 5.50. The van der Waals surface area contributed by atoms with Crippen LogP contribution in [0.1, 0.15) is 40.9 Å². The highest BCUT2D eigenvalue weighted by molar-refractivity contribution is 7.11. The molecular formula is C15H24N2O2S. The smallest absolute Gasteiger partial charge is 0.110 e. The van der Waals surface area contributed by atoms with Crippen LogP contribution in [0.15, 0.2) is 0 Å². The summed E-state index contributed by atoms with van der Waals surface area (Å²) in [6, 6.07) is 0.379. The molecule has 1 N–H and O–H groups in total. The van der Waals surface area contributed by atoms with E-state index in [-0.39, 0.29) is 0 Å². The average molecular weight is 296 g/mol. The molecule has 1 aliphatic heterocycles. The molecule has 1 aliphatic carbocycles. The quantitative estimate of drug-likeness (QED) is 0.818. The van der Waals surface area contributed by atoms with Crippen LogP contribution in [0, 0.1) is 5.92 Å². The fourth-order valence-electron chi connectivity index (χ4n) is 3.16. The van der Waals surface area contributed by atoms with E-state index in [4.69, 9.17) is 14.5 Å². The molecule has 5 heteroatoms. The Morgan fingerprint density at radius 1 is 1.40 bits per heavy atom. The molecule has 0 bridgehead atoms. The van der Waals surface area contributed by atoms with Crippen molar-refractivity contribution in [2.24, 2.45) is 5.92 Å². The molecule has 4 nitrogen and oxygen atoms in total. The molecule has 0 amide bonds. The van der Waals surface area contributed by atoms with E-state index in [0.29, 0.717) is 12.0 Å². The number of fused-ring (bicyclic) bond motifs is 1. The molecule has 1 atom stereocenters. The molecule has 1 unspecified atom stereocenters. The van der Waals surface area contributed by atoms with Crippen LogP contribution in [0.4, 0.5) is 0 Å². The van der Waals surface area contributed by atoms with Crippen molar-refractivity contribution >= 4 is 11.3 Å². The Labute approximate surface area is 124 Å². The lowest BCUT2D eigenvalue weighted by atomic mass is 9.92. The molecule has 3 rings (SSSR count). The van der Waals surface area contributed by atoms with Crippen LogP contribution in [0.3, 0.4) is 0 Å². The number of aryl methyl sites for hydroxylation is 2. The maximum Gasteiger partial charge on any atom is 0.110 e. The highest BCUT2D eigenvalue weighted by atomic mass is 32.1. The highest BCUT2D eigenvalue weighted by Crippen LogP contribution is 2.36. The second kappa shape index (κ2) is 6.98. The lowest BCUT2D eigenvalue weighted by molar-refractivity contribution is 0.0524. The SMILES string of the molecule is COCCNC(c1nc2c(s1)CCC2)C1CCOCC1. The molecule has 20 heavy (non-hydrogen) atoms. The zero-order valence-corrected chi connectivity index (χ0v) is 13.0. The van der Waals surface area contributed by atoms with Crippen molar-refractivity contribution in [1.29, 1.82) is 0 Å². The van der Waals surface area contributed by atoms with Gasteiger partial charge in [-0.15, -0.1) is 11.3 Å². The van der Waals surface area contributed by atoms with Crippen molar-refractivity contribution in [1.82, 2.24) is 10.3 Å². The van der Waals surface area contributed by atoms with E-state index in [1.165, 1.54) is 34.8 Å². The number of rotatable bonds is 6. The van der Waals surface area contributed by atoms with Crippen LogP contribution < -0.4 is 5.32 Å². The van der Waals surface area contributed by atoms with Crippen LogP contribution in [-0.4, -0.2) is 38.5 Å². The fraction of sp³-hybridized carbons (Fsp3) is 0.800. The van der Waals surface area contributed by atoms with Crippen LogP contribution in [0.5, 0.6) is 0 Å². The maximum atomic E-state index is 5.50. The van der Waals surface area contributed by atoms with Crippen molar-refractivity contribution in [3.63, 3.8) is 0 Å². The largest absolute Gasteiger partial charge is 0.383 e. The van der Waals surface area contributed by atoms with Crippen molar-refractivity contribution in [2.75, 3.05) is 33.5 Å². The first-order chi connectivity index (χ1) is 9.88. The van der Waals surface area contributed by atoms with Crippen molar-refractivity contribution in [2.45, 2.75) is 38.1 Å². The minimum Gasteiger partial charge on any atom is -0.383 e. The Balaban J connectivity index is 1.72. The minimum atomic E-state index is 0.379. The first-order valence-corrected chi connectivity index (χ1v) is 8.48. The van der Waals surface area contributed by atoms with Gasteiger partial charge in [0, 0.05) is 31.7 Å². The van der Waals surface area contributed by atoms with E-state index in [1.807, 2.05) is 11.3 Å². The Morgan fingerprint density at radius 3 is 3.00 bits per heavy atom. The molecule has 0 spiro atoms. The van der Waals surface area contributed by atoms with Gasteiger partial charge in [-0.2, -0.15) is 0 Å². The Morgan fingerprint density at radius 2 is 2.25 bits per heavy atom. The molecule has 0 saturated carbocycles. The number of hydrogen-bond donors (Lipinski definition) is 1. The first kappa shape index (κ1) is 14.4. The van der Waals surface area contributed by atoms with Crippen molar-refractivity contribution < 1.29 is 9.47 Å². The van der Waals surface area contributed by atoms with Gasteiger partial charge in [0.05, 0.1) is 18.3 Å². The van der Waals surface area contributed by atoms with Gasteiger partial charge in [0.15, 0.2) is 0 Å². The number of hydrogen-bond acceptors (Lipinski definition) is 5. The summed E-state index contributed by atoms with van der Waals surface area (Å²) in [6.07, 6.45) is 5.95. The van der Waals surface area contributed by atoms with Gasteiger partial charge in [-0.05, 0) is 38.0 Å². The van der Waals surface area contributed by atoms with E-state index in [9.17, 15) is 0 Å². The number of thiazole rings is 1. The fourth-order valence-corrected chi connectivity index (χ4v) is 4.49. The van der Waals surface area contributed by atoms with Crippen LogP contribution in [-0.2, 0) is 22.3 Å². The molecule has 0 radical (unpaired) electrons. The molecule has 112 valence electrons. The number of ether oxygens (including phenoxy) is 2. The topological polar surface area (TPSA) is 43.4 Å². The van der Waals surface area contributed by atoms with Crippen molar-refractivity contribution in [3.05, 3.63) is 15.6 Å². The van der Waals surface area contributed by atoms with Gasteiger partial charge in [-0.25, -0.2) is 4.98 Å². The summed E-state index contributed by atoms with van der Waals surface area (Å²) in [5.41, 5.74) is 1.36. The summed E-state index contributed by atoms with van der Waals surface area (Å²) in [6.45, 7) is 3.42. The van der Waals surface area contributed by atoms with Gasteiger partial charge < -0.3 is 14.8 Å². The molecule has 1 aromatic rings. The standard InChI is InChI=1S/C15H24N2O2S/c1-18-10-7-16-14(11-5-8-19-9-6-11)15-17-12-3-2-4-13(12)20-15/h11,14,16H,2-10H2,1H3. The van der Waals surface area contributed by atoms with Crippen molar-refractivity contribution in [3.8, 4) is 0 Å². The predicted molar refractivity (Wildman–Crippen MR) is 80.3 cm³/mol. The Kier molecular flexibility index (Phi) is 5.04. The van der Waals surface area contributed by atoms with E-state index < -0.39 is 0 Å². The molecule has 1 fully saturated rings. The summed E-state index contributed by atoms with van der Waals surface area (Å²) in [5, 5.41) is 4.95. The third kappa shape index (κ3) is 3.22. The van der Waals surface area contributed by atoms with Gasteiger partial charge in [0.1, 0.15) is 5.01 Å². The van der Waals surface area contributed by atoms with Gasteiger partial charge >= 0.3 is 0 Å². The van der Waals surface area contributed by atoms with Gasteiger partial charge in [0.2, 0.25) is 0 Å². The second-order valence-corrected chi connectivity index (χ2v) is 6.77. The van der Waals surface area contributed by atoms with Crippen LogP contribution in [0.2, 0.25) is 0 Å². The van der Waals surface area contributed by atoms with E-state index in [2.05, 4.69) is 5.32 Å². The molecule has 1 saturated heterocycles. The molecule has 0 aromatic carbocycles. The number of methoxy groups -OCH3 is 1. The number of nitrogens with one attached hydrogen (secondary N) is 1. The van der Waals surface area contributed by atoms with Gasteiger partial charge in [-0.3, -0.25) is 0 Å². The van der Waals surface area contributed by atoms with Crippen LogP contribution in [0.25, 0.3) is 0 Å². The summed E-state index contributed by atoms with van der Waals surface area (Å²) >= 11 is 1.93. The third-order valence-corrected chi connectivity index (χ3v) is 5.53. The van der Waals surface area contributed by atoms with Gasteiger partial charge in [-0.1, -0.05) is 0 Å². The lowest BCUT2D eigenvalue weighted by Gasteiger charge is -2.29. The summed E-state index contributed by atoms with van der Waals surface area (Å²) in [7, 11) is 1.75. The normalized spacial score (nSPS) is 21.1. The van der Waals surface area contributed by atoms with Crippen LogP contribution >= 0.6 is 11.3 Å². The Bertz CT molecular complexity index is 408. The third-order valence-electron chi connectivity index (χ3n) is 4.29. The summed E-state index contributed by atoms with van der Waals surface area (Å²) < 4.78 is 10.7. The first-order valence-electron chi connectivity index (χ1n) is 7.67. The number of aromatic nitrogens is 1. The Hall–Kier alpha value is -0.490. The molecule has 2 heterocycles. The predicted octanol–water partition coefficient (Wildman–Crippen LogP) is 2.34.